The molecule has 0 aliphatic heterocycles. The largest absolute Gasteiger partial charge is 0.322 e. The molecule has 0 saturated carbocycles. The molecule has 3 aromatic carbocycles. The number of benzene rings is 3. The molecule has 2 N–H and O–H groups in total. The van der Waals surface area contributed by atoms with Crippen molar-refractivity contribution in [2.75, 3.05) is 11.9 Å². The molecule has 0 aromatic heterocycles. The molecule has 0 fully saturated rings. The van der Waals surface area contributed by atoms with E-state index in [4.69, 9.17) is 0 Å². The fraction of sp³-hybridized carbons (Fsp3) is 0.0500. The van der Waals surface area contributed by atoms with E-state index in [0.29, 0.717) is 5.69 Å². The van der Waals surface area contributed by atoms with Crippen LogP contribution in [-0.4, -0.2) is 20.9 Å². The molecule has 0 aliphatic rings. The molecule has 0 radical (unpaired) electrons. The van der Waals surface area contributed by atoms with E-state index < -0.39 is 10.0 Å². The van der Waals surface area contributed by atoms with E-state index in [2.05, 4.69) is 16.6 Å². The summed E-state index contributed by atoms with van der Waals surface area (Å²) in [7, 11) is -3.68. The molecule has 0 unspecified atom stereocenters. The van der Waals surface area contributed by atoms with Crippen LogP contribution >= 0.6 is 0 Å². The summed E-state index contributed by atoms with van der Waals surface area (Å²) >= 11 is 0. The molecular formula is C20H18N2O3S. The lowest BCUT2D eigenvalue weighted by Crippen LogP contribution is -2.24. The van der Waals surface area contributed by atoms with Crippen LogP contribution in [-0.2, 0) is 10.0 Å². The number of anilines is 1. The Kier molecular flexibility index (Phi) is 5.16. The van der Waals surface area contributed by atoms with E-state index in [1.54, 1.807) is 6.07 Å². The second-order valence-corrected chi connectivity index (χ2v) is 7.45. The van der Waals surface area contributed by atoms with Crippen molar-refractivity contribution in [2.45, 2.75) is 4.90 Å². The van der Waals surface area contributed by atoms with Gasteiger partial charge in [-0.1, -0.05) is 42.5 Å². The third-order valence-corrected chi connectivity index (χ3v) is 5.25. The van der Waals surface area contributed by atoms with Crippen molar-refractivity contribution in [3.63, 3.8) is 0 Å². The van der Waals surface area contributed by atoms with Crippen molar-refractivity contribution < 1.29 is 13.2 Å². The van der Waals surface area contributed by atoms with Gasteiger partial charge < -0.3 is 5.32 Å². The Morgan fingerprint density at radius 1 is 0.962 bits per heavy atom. The quantitative estimate of drug-likeness (QED) is 0.655. The van der Waals surface area contributed by atoms with Gasteiger partial charge >= 0.3 is 0 Å². The van der Waals surface area contributed by atoms with Gasteiger partial charge in [0, 0.05) is 17.8 Å². The van der Waals surface area contributed by atoms with Crippen molar-refractivity contribution in [1.29, 1.82) is 0 Å². The van der Waals surface area contributed by atoms with Gasteiger partial charge in [0.25, 0.3) is 5.91 Å². The number of sulfonamides is 1. The average Bonchev–Trinajstić information content (AvgIpc) is 2.66. The van der Waals surface area contributed by atoms with E-state index in [0.717, 1.165) is 10.8 Å². The van der Waals surface area contributed by atoms with Crippen molar-refractivity contribution in [3.8, 4) is 0 Å². The molecule has 0 atom stereocenters. The van der Waals surface area contributed by atoms with Crippen LogP contribution in [0.4, 0.5) is 5.69 Å². The molecule has 5 nitrogen and oxygen atoms in total. The Morgan fingerprint density at radius 2 is 1.73 bits per heavy atom. The van der Waals surface area contributed by atoms with Crippen LogP contribution in [0.25, 0.3) is 10.8 Å². The molecule has 0 heterocycles. The molecule has 0 spiro atoms. The molecule has 1 amide bonds. The number of fused-ring (bicyclic) bond motifs is 1. The summed E-state index contributed by atoms with van der Waals surface area (Å²) in [6.07, 6.45) is 1.45. The third-order valence-electron chi connectivity index (χ3n) is 3.83. The standard InChI is InChI=1S/C20H18N2O3S/c1-2-12-21-26(24,25)19-9-5-8-17(14-19)20(23)22-18-11-10-15-6-3-4-7-16(15)13-18/h2-11,13-14,21H,1,12H2,(H,22,23). The maximum absolute atomic E-state index is 12.5. The highest BCUT2D eigenvalue weighted by atomic mass is 32.2. The van der Waals surface area contributed by atoms with Gasteiger partial charge in [-0.05, 0) is 41.1 Å². The second-order valence-electron chi connectivity index (χ2n) is 5.68. The van der Waals surface area contributed by atoms with Crippen LogP contribution in [0, 0.1) is 0 Å². The summed E-state index contributed by atoms with van der Waals surface area (Å²) in [6, 6.07) is 19.3. The highest BCUT2D eigenvalue weighted by Crippen LogP contribution is 2.20. The summed E-state index contributed by atoms with van der Waals surface area (Å²) in [6.45, 7) is 3.60. The minimum Gasteiger partial charge on any atom is -0.322 e. The van der Waals surface area contributed by atoms with Crippen LogP contribution in [0.2, 0.25) is 0 Å². The number of hydrogen-bond donors (Lipinski definition) is 2. The SMILES string of the molecule is C=CCNS(=O)(=O)c1cccc(C(=O)Nc2ccc3ccccc3c2)c1. The number of nitrogens with one attached hydrogen (secondary N) is 2. The topological polar surface area (TPSA) is 75.3 Å². The van der Waals surface area contributed by atoms with E-state index in [9.17, 15) is 13.2 Å². The van der Waals surface area contributed by atoms with E-state index in [-0.39, 0.29) is 22.9 Å². The zero-order valence-corrected chi connectivity index (χ0v) is 14.8. The van der Waals surface area contributed by atoms with Gasteiger partial charge in [0.05, 0.1) is 4.90 Å². The number of amides is 1. The highest BCUT2D eigenvalue weighted by Gasteiger charge is 2.15. The summed E-state index contributed by atoms with van der Waals surface area (Å²) in [5.41, 5.74) is 0.909. The first-order valence-electron chi connectivity index (χ1n) is 8.00. The monoisotopic (exact) mass is 366 g/mol. The first kappa shape index (κ1) is 17.8. The lowest BCUT2D eigenvalue weighted by Gasteiger charge is -2.09. The Bertz CT molecular complexity index is 1080. The lowest BCUT2D eigenvalue weighted by atomic mass is 10.1. The van der Waals surface area contributed by atoms with Gasteiger partial charge in [-0.25, -0.2) is 13.1 Å². The summed E-state index contributed by atoms with van der Waals surface area (Å²) < 4.78 is 26.7. The predicted molar refractivity (Wildman–Crippen MR) is 104 cm³/mol. The molecule has 0 bridgehead atoms. The Morgan fingerprint density at radius 3 is 2.50 bits per heavy atom. The fourth-order valence-corrected chi connectivity index (χ4v) is 3.57. The Balaban J connectivity index is 1.83. The van der Waals surface area contributed by atoms with Crippen LogP contribution in [0.5, 0.6) is 0 Å². The van der Waals surface area contributed by atoms with Crippen LogP contribution in [0.1, 0.15) is 10.4 Å². The van der Waals surface area contributed by atoms with Gasteiger partial charge in [0.2, 0.25) is 10.0 Å². The maximum atomic E-state index is 12.5. The van der Waals surface area contributed by atoms with Crippen LogP contribution in [0.15, 0.2) is 84.3 Å². The smallest absolute Gasteiger partial charge is 0.255 e. The molecule has 26 heavy (non-hydrogen) atoms. The maximum Gasteiger partial charge on any atom is 0.255 e. The van der Waals surface area contributed by atoms with E-state index in [1.807, 2.05) is 42.5 Å². The van der Waals surface area contributed by atoms with Crippen molar-refractivity contribution in [2.24, 2.45) is 0 Å². The number of hydrogen-bond acceptors (Lipinski definition) is 3. The molecule has 0 aliphatic carbocycles. The number of carbonyl (C=O) groups is 1. The highest BCUT2D eigenvalue weighted by molar-refractivity contribution is 7.89. The van der Waals surface area contributed by atoms with Crippen LogP contribution in [0.3, 0.4) is 0 Å². The van der Waals surface area contributed by atoms with Crippen LogP contribution < -0.4 is 10.0 Å². The van der Waals surface area contributed by atoms with E-state index in [1.165, 1.54) is 24.3 Å². The fourth-order valence-electron chi connectivity index (χ4n) is 2.53. The Labute approximate surface area is 152 Å². The predicted octanol–water partition coefficient (Wildman–Crippen LogP) is 3.56. The molecule has 3 aromatic rings. The molecular weight excluding hydrogens is 348 g/mol. The molecule has 0 saturated heterocycles. The normalized spacial score (nSPS) is 11.2. The minimum absolute atomic E-state index is 0.0329. The number of carbonyl (C=O) groups excluding carboxylic acids is 1. The summed E-state index contributed by atoms with van der Waals surface area (Å²) in [5.74, 6) is -0.374. The summed E-state index contributed by atoms with van der Waals surface area (Å²) in [5, 5.41) is 4.89. The second kappa shape index (κ2) is 7.51. The first-order valence-corrected chi connectivity index (χ1v) is 9.49. The van der Waals surface area contributed by atoms with E-state index >= 15 is 0 Å². The lowest BCUT2D eigenvalue weighted by molar-refractivity contribution is 0.102. The zero-order chi connectivity index (χ0) is 18.6. The van der Waals surface area contributed by atoms with Gasteiger partial charge in [-0.3, -0.25) is 4.79 Å². The van der Waals surface area contributed by atoms with Crippen molar-refractivity contribution in [1.82, 2.24) is 4.72 Å². The molecule has 132 valence electrons. The van der Waals surface area contributed by atoms with Gasteiger partial charge in [0.1, 0.15) is 0 Å². The number of rotatable bonds is 6. The van der Waals surface area contributed by atoms with Crippen molar-refractivity contribution in [3.05, 3.63) is 84.9 Å². The van der Waals surface area contributed by atoms with Gasteiger partial charge in [0.15, 0.2) is 0 Å². The average molecular weight is 366 g/mol. The molecule has 3 rings (SSSR count). The van der Waals surface area contributed by atoms with Gasteiger partial charge in [-0.2, -0.15) is 0 Å². The Hall–Kier alpha value is -2.96. The summed E-state index contributed by atoms with van der Waals surface area (Å²) in [4.78, 5) is 12.5. The van der Waals surface area contributed by atoms with Crippen molar-refractivity contribution >= 4 is 32.4 Å². The molecule has 6 heteroatoms. The zero-order valence-electron chi connectivity index (χ0n) is 14.0. The van der Waals surface area contributed by atoms with Gasteiger partial charge in [-0.15, -0.1) is 6.58 Å². The third kappa shape index (κ3) is 3.99. The minimum atomic E-state index is -3.68. The first-order chi connectivity index (χ1) is 12.5.